The van der Waals surface area contributed by atoms with Crippen molar-refractivity contribution in [1.82, 2.24) is 15.3 Å². The molecule has 1 saturated heterocycles. The number of ether oxygens (including phenoxy) is 3. The van der Waals surface area contributed by atoms with Crippen LogP contribution >= 0.6 is 0 Å². The maximum Gasteiger partial charge on any atom is 0.229 e. The lowest BCUT2D eigenvalue weighted by Crippen LogP contribution is -2.43. The van der Waals surface area contributed by atoms with E-state index in [-0.39, 0.29) is 17.6 Å². The Bertz CT molecular complexity index is 1170. The van der Waals surface area contributed by atoms with E-state index >= 15 is 0 Å². The molecule has 1 aliphatic heterocycles. The number of anilines is 3. The minimum atomic E-state index is -0.294. The molecule has 0 unspecified atom stereocenters. The van der Waals surface area contributed by atoms with E-state index in [0.29, 0.717) is 42.0 Å². The number of amides is 1. The van der Waals surface area contributed by atoms with Crippen LogP contribution in [-0.2, 0) is 11.3 Å². The highest BCUT2D eigenvalue weighted by molar-refractivity contribution is 5.79. The number of hydrogen-bond acceptors (Lipinski definition) is 8. The summed E-state index contributed by atoms with van der Waals surface area (Å²) < 4.78 is 29.3. The molecule has 2 aromatic carbocycles. The molecule has 10 heteroatoms. The highest BCUT2D eigenvalue weighted by atomic mass is 19.1. The Kier molecular flexibility index (Phi) is 8.04. The van der Waals surface area contributed by atoms with Crippen molar-refractivity contribution in [2.75, 3.05) is 44.6 Å². The lowest BCUT2D eigenvalue weighted by molar-refractivity contribution is -0.125. The first-order valence-electron chi connectivity index (χ1n) is 11.7. The molecule has 2 heterocycles. The summed E-state index contributed by atoms with van der Waals surface area (Å²) in [6.07, 6.45) is 3.35. The van der Waals surface area contributed by atoms with Crippen LogP contribution in [0.3, 0.4) is 0 Å². The molecular weight excluding hydrogens is 465 g/mol. The summed E-state index contributed by atoms with van der Waals surface area (Å²) in [4.78, 5) is 23.9. The molecule has 0 radical (unpaired) electrons. The third-order valence-corrected chi connectivity index (χ3v) is 6.06. The smallest absolute Gasteiger partial charge is 0.229 e. The number of hydrogen-bond donors (Lipinski definition) is 2. The summed E-state index contributed by atoms with van der Waals surface area (Å²) in [6.45, 7) is 1.71. The van der Waals surface area contributed by atoms with Gasteiger partial charge in [0, 0.05) is 43.7 Å². The monoisotopic (exact) mass is 495 g/mol. The predicted molar refractivity (Wildman–Crippen MR) is 135 cm³/mol. The molecule has 0 aliphatic carbocycles. The van der Waals surface area contributed by atoms with Crippen LogP contribution in [0.25, 0.3) is 0 Å². The van der Waals surface area contributed by atoms with Crippen molar-refractivity contribution in [3.8, 4) is 17.2 Å². The van der Waals surface area contributed by atoms with E-state index in [1.54, 1.807) is 51.8 Å². The van der Waals surface area contributed by atoms with E-state index < -0.39 is 0 Å². The topological polar surface area (TPSA) is 97.8 Å². The standard InChI is InChI=1S/C26H30FN5O4/c1-34-21-13-20(14-22(35-2)24(21)36-3)30-26-28-11-10-23(31-26)32-12-4-5-18(16-32)25(33)29-15-17-6-8-19(27)9-7-17/h6-11,13-14,18H,4-5,12,15-16H2,1-3H3,(H,29,33)(H,28,30,31)/t18-/m1/s1. The fourth-order valence-electron chi connectivity index (χ4n) is 4.20. The van der Waals surface area contributed by atoms with E-state index in [0.717, 1.165) is 30.8 Å². The summed E-state index contributed by atoms with van der Waals surface area (Å²) >= 11 is 0. The Labute approximate surface area is 209 Å². The van der Waals surface area contributed by atoms with Crippen molar-refractivity contribution in [2.45, 2.75) is 19.4 Å². The van der Waals surface area contributed by atoms with Gasteiger partial charge >= 0.3 is 0 Å². The van der Waals surface area contributed by atoms with Crippen molar-refractivity contribution >= 4 is 23.4 Å². The second-order valence-electron chi connectivity index (χ2n) is 8.41. The van der Waals surface area contributed by atoms with Crippen molar-refractivity contribution in [3.63, 3.8) is 0 Å². The molecule has 1 atom stereocenters. The minimum absolute atomic E-state index is 0.0196. The van der Waals surface area contributed by atoms with Gasteiger partial charge in [-0.15, -0.1) is 0 Å². The zero-order chi connectivity index (χ0) is 25.5. The van der Waals surface area contributed by atoms with Crippen LogP contribution in [0.2, 0.25) is 0 Å². The number of benzene rings is 2. The molecule has 2 N–H and O–H groups in total. The number of piperidine rings is 1. The predicted octanol–water partition coefficient (Wildman–Crippen LogP) is 3.92. The molecule has 0 spiro atoms. The van der Waals surface area contributed by atoms with Crippen molar-refractivity contribution in [2.24, 2.45) is 5.92 Å². The first kappa shape index (κ1) is 25.0. The van der Waals surface area contributed by atoms with Gasteiger partial charge in [0.25, 0.3) is 0 Å². The van der Waals surface area contributed by atoms with Crippen LogP contribution in [-0.4, -0.2) is 50.3 Å². The number of nitrogens with one attached hydrogen (secondary N) is 2. The zero-order valence-corrected chi connectivity index (χ0v) is 20.6. The van der Waals surface area contributed by atoms with Crippen LogP contribution in [0.1, 0.15) is 18.4 Å². The average molecular weight is 496 g/mol. The summed E-state index contributed by atoms with van der Waals surface area (Å²) in [6, 6.07) is 11.5. The molecule has 190 valence electrons. The Morgan fingerprint density at radius 1 is 1.08 bits per heavy atom. The Hall–Kier alpha value is -4.08. The number of methoxy groups -OCH3 is 3. The van der Waals surface area contributed by atoms with E-state index in [2.05, 4.69) is 25.5 Å². The molecule has 1 amide bonds. The third kappa shape index (κ3) is 5.94. The van der Waals surface area contributed by atoms with Gasteiger partial charge in [0.05, 0.1) is 27.2 Å². The third-order valence-electron chi connectivity index (χ3n) is 6.06. The van der Waals surface area contributed by atoms with Gasteiger partial charge in [0.2, 0.25) is 17.6 Å². The molecule has 9 nitrogen and oxygen atoms in total. The van der Waals surface area contributed by atoms with Crippen LogP contribution in [0.5, 0.6) is 17.2 Å². The fraction of sp³-hybridized carbons (Fsp3) is 0.346. The van der Waals surface area contributed by atoms with Crippen LogP contribution in [0.4, 0.5) is 21.8 Å². The largest absolute Gasteiger partial charge is 0.493 e. The highest BCUT2D eigenvalue weighted by Gasteiger charge is 2.26. The molecule has 1 aliphatic rings. The van der Waals surface area contributed by atoms with Gasteiger partial charge in [0.15, 0.2) is 11.5 Å². The second-order valence-corrected chi connectivity index (χ2v) is 8.41. The molecule has 1 aromatic heterocycles. The molecule has 4 rings (SSSR count). The Balaban J connectivity index is 1.42. The van der Waals surface area contributed by atoms with Crippen molar-refractivity contribution in [1.29, 1.82) is 0 Å². The summed E-state index contributed by atoms with van der Waals surface area (Å²) in [5.74, 6) is 2.19. The van der Waals surface area contributed by atoms with Crippen molar-refractivity contribution in [3.05, 3.63) is 60.0 Å². The van der Waals surface area contributed by atoms with Gasteiger partial charge in [-0.1, -0.05) is 12.1 Å². The summed E-state index contributed by atoms with van der Waals surface area (Å²) in [5.41, 5.74) is 1.54. The zero-order valence-electron chi connectivity index (χ0n) is 20.6. The number of carbonyl (C=O) groups is 1. The Morgan fingerprint density at radius 3 is 2.47 bits per heavy atom. The number of carbonyl (C=O) groups excluding carboxylic acids is 1. The maximum absolute atomic E-state index is 13.1. The summed E-state index contributed by atoms with van der Waals surface area (Å²) in [7, 11) is 4.66. The van der Waals surface area contributed by atoms with Gasteiger partial charge in [-0.3, -0.25) is 4.79 Å². The van der Waals surface area contributed by atoms with E-state index in [1.165, 1.54) is 12.1 Å². The number of nitrogens with zero attached hydrogens (tertiary/aromatic N) is 3. The second kappa shape index (κ2) is 11.6. The molecule has 3 aromatic rings. The van der Waals surface area contributed by atoms with Crippen LogP contribution in [0, 0.1) is 11.7 Å². The average Bonchev–Trinajstić information content (AvgIpc) is 2.92. The van der Waals surface area contributed by atoms with Gasteiger partial charge in [-0.05, 0) is 36.6 Å². The van der Waals surface area contributed by atoms with Gasteiger partial charge < -0.3 is 29.7 Å². The normalized spacial score (nSPS) is 15.2. The SMILES string of the molecule is COc1cc(Nc2nccc(N3CCC[C@@H](C(=O)NCc4ccc(F)cc4)C3)n2)cc(OC)c1OC. The first-order valence-corrected chi connectivity index (χ1v) is 11.7. The molecular formula is C26H30FN5O4. The number of aromatic nitrogens is 2. The molecule has 1 fully saturated rings. The van der Waals surface area contributed by atoms with Gasteiger partial charge in [-0.2, -0.15) is 4.98 Å². The first-order chi connectivity index (χ1) is 17.5. The highest BCUT2D eigenvalue weighted by Crippen LogP contribution is 2.40. The van der Waals surface area contributed by atoms with E-state index in [4.69, 9.17) is 14.2 Å². The lowest BCUT2D eigenvalue weighted by atomic mass is 9.97. The van der Waals surface area contributed by atoms with E-state index in [1.807, 2.05) is 6.07 Å². The lowest BCUT2D eigenvalue weighted by Gasteiger charge is -2.33. The van der Waals surface area contributed by atoms with Crippen LogP contribution < -0.4 is 29.7 Å². The summed E-state index contributed by atoms with van der Waals surface area (Å²) in [5, 5.41) is 6.16. The Morgan fingerprint density at radius 2 is 1.81 bits per heavy atom. The minimum Gasteiger partial charge on any atom is -0.493 e. The molecule has 0 saturated carbocycles. The number of rotatable bonds is 9. The fourth-order valence-corrected chi connectivity index (χ4v) is 4.20. The van der Waals surface area contributed by atoms with Crippen molar-refractivity contribution < 1.29 is 23.4 Å². The quantitative estimate of drug-likeness (QED) is 0.461. The van der Waals surface area contributed by atoms with Crippen LogP contribution in [0.15, 0.2) is 48.7 Å². The van der Waals surface area contributed by atoms with Gasteiger partial charge in [-0.25, -0.2) is 9.37 Å². The van der Waals surface area contributed by atoms with E-state index in [9.17, 15) is 9.18 Å². The molecule has 36 heavy (non-hydrogen) atoms. The molecule has 0 bridgehead atoms. The number of halogens is 1. The van der Waals surface area contributed by atoms with Gasteiger partial charge in [0.1, 0.15) is 11.6 Å². The maximum atomic E-state index is 13.1.